The fourth-order valence-electron chi connectivity index (χ4n) is 4.66. The molecule has 1 N–H and O–H groups in total. The second-order valence-corrected chi connectivity index (χ2v) is 9.33. The van der Waals surface area contributed by atoms with E-state index in [0.717, 1.165) is 42.0 Å². The maximum atomic E-state index is 13.1. The quantitative estimate of drug-likeness (QED) is 0.740. The van der Waals surface area contributed by atoms with Gasteiger partial charge in [0.15, 0.2) is 5.78 Å². The second kappa shape index (κ2) is 8.22. The number of rotatable bonds is 5. The van der Waals surface area contributed by atoms with Gasteiger partial charge in [-0.3, -0.25) is 4.79 Å². The highest BCUT2D eigenvalue weighted by molar-refractivity contribution is 6.01. The summed E-state index contributed by atoms with van der Waals surface area (Å²) in [7, 11) is 1.75. The lowest BCUT2D eigenvalue weighted by molar-refractivity contribution is -0.118. The first-order chi connectivity index (χ1) is 14.8. The Bertz CT molecular complexity index is 1010. The van der Waals surface area contributed by atoms with Crippen LogP contribution >= 0.6 is 0 Å². The number of hydrogen-bond acceptors (Lipinski definition) is 3. The number of nitrogens with one attached hydrogen (secondary N) is 1. The number of allylic oxidation sites excluding steroid dienone is 1. The van der Waals surface area contributed by atoms with E-state index in [1.165, 1.54) is 5.56 Å². The highest BCUT2D eigenvalue weighted by Crippen LogP contribution is 2.43. The molecule has 0 bridgehead atoms. The zero-order valence-electron chi connectivity index (χ0n) is 18.8. The summed E-state index contributed by atoms with van der Waals surface area (Å²) in [4.78, 5) is 29.6. The minimum Gasteiger partial charge on any atom is -0.367 e. The molecule has 1 heterocycles. The summed E-state index contributed by atoms with van der Waals surface area (Å²) < 4.78 is 0. The molecule has 4 rings (SSSR count). The Hall–Kier alpha value is -3.08. The van der Waals surface area contributed by atoms with E-state index >= 15 is 0 Å². The number of benzene rings is 2. The summed E-state index contributed by atoms with van der Waals surface area (Å²) in [5, 5.41) is 3.04. The van der Waals surface area contributed by atoms with Gasteiger partial charge in [0.05, 0.1) is 6.04 Å². The van der Waals surface area contributed by atoms with Gasteiger partial charge in [0.2, 0.25) is 0 Å². The van der Waals surface area contributed by atoms with Gasteiger partial charge < -0.3 is 15.1 Å². The smallest absolute Gasteiger partial charge is 0.322 e. The molecule has 0 radical (unpaired) electrons. The van der Waals surface area contributed by atoms with E-state index in [2.05, 4.69) is 67.4 Å². The number of ketones is 1. The van der Waals surface area contributed by atoms with E-state index in [0.29, 0.717) is 6.42 Å². The number of nitrogens with zero attached hydrogens (tertiary/aromatic N) is 2. The second-order valence-electron chi connectivity index (χ2n) is 9.33. The highest BCUT2D eigenvalue weighted by atomic mass is 16.2. The topological polar surface area (TPSA) is 52.7 Å². The van der Waals surface area contributed by atoms with Gasteiger partial charge in [-0.05, 0) is 42.0 Å². The maximum absolute atomic E-state index is 13.1. The standard InChI is InChI=1S/C26H31N3O2/c1-5-29(17-18-9-7-6-8-10-18)20-13-11-19(12-14-20)24-23-21(28(4)25(31)27-24)15-26(2,3)16-22(23)30/h6-14,24H,5,15-17H2,1-4H3,(H,27,31). The Morgan fingerprint density at radius 3 is 2.35 bits per heavy atom. The van der Waals surface area contributed by atoms with Gasteiger partial charge in [-0.15, -0.1) is 0 Å². The molecular weight excluding hydrogens is 386 g/mol. The molecule has 31 heavy (non-hydrogen) atoms. The fraction of sp³-hybridized carbons (Fsp3) is 0.385. The Morgan fingerprint density at radius 1 is 1.03 bits per heavy atom. The van der Waals surface area contributed by atoms with Crippen molar-refractivity contribution in [3.05, 3.63) is 77.0 Å². The van der Waals surface area contributed by atoms with Crippen molar-refractivity contribution in [2.75, 3.05) is 18.5 Å². The van der Waals surface area contributed by atoms with E-state index in [1.807, 2.05) is 18.2 Å². The van der Waals surface area contributed by atoms with E-state index in [-0.39, 0.29) is 23.3 Å². The Labute approximate surface area is 184 Å². The molecule has 0 fully saturated rings. The normalized spacial score (nSPS) is 20.4. The summed E-state index contributed by atoms with van der Waals surface area (Å²) in [6.07, 6.45) is 1.23. The lowest BCUT2D eigenvalue weighted by atomic mass is 9.72. The molecule has 1 atom stereocenters. The van der Waals surface area contributed by atoms with Crippen LogP contribution < -0.4 is 10.2 Å². The van der Waals surface area contributed by atoms with E-state index in [9.17, 15) is 9.59 Å². The summed E-state index contributed by atoms with van der Waals surface area (Å²) in [5.41, 5.74) is 4.81. The lowest BCUT2D eigenvalue weighted by Crippen LogP contribution is -2.49. The average molecular weight is 418 g/mol. The monoisotopic (exact) mass is 417 g/mol. The van der Waals surface area contributed by atoms with Gasteiger partial charge in [-0.1, -0.05) is 56.3 Å². The predicted molar refractivity (Wildman–Crippen MR) is 124 cm³/mol. The number of hydrogen-bond donors (Lipinski definition) is 1. The van der Waals surface area contributed by atoms with E-state index in [1.54, 1.807) is 11.9 Å². The van der Waals surface area contributed by atoms with Crippen LogP contribution in [0.2, 0.25) is 0 Å². The Kier molecular flexibility index (Phi) is 5.61. The van der Waals surface area contributed by atoms with Crippen LogP contribution in [0.25, 0.3) is 0 Å². The minimum atomic E-state index is -0.388. The molecule has 1 unspecified atom stereocenters. The van der Waals surface area contributed by atoms with Crippen LogP contribution in [0.1, 0.15) is 50.8 Å². The molecule has 2 aromatic carbocycles. The first kappa shape index (κ1) is 21.2. The largest absolute Gasteiger partial charge is 0.367 e. The molecule has 0 saturated heterocycles. The number of anilines is 1. The number of amides is 2. The van der Waals surface area contributed by atoms with Crippen molar-refractivity contribution in [1.82, 2.24) is 10.2 Å². The van der Waals surface area contributed by atoms with Crippen LogP contribution in [-0.4, -0.2) is 30.3 Å². The molecule has 2 aliphatic rings. The van der Waals surface area contributed by atoms with Crippen molar-refractivity contribution in [1.29, 1.82) is 0 Å². The molecule has 5 nitrogen and oxygen atoms in total. The first-order valence-corrected chi connectivity index (χ1v) is 11.0. The van der Waals surface area contributed by atoms with Gasteiger partial charge in [0, 0.05) is 43.5 Å². The zero-order chi connectivity index (χ0) is 22.2. The van der Waals surface area contributed by atoms with Crippen LogP contribution in [0.5, 0.6) is 0 Å². The van der Waals surface area contributed by atoms with Crippen molar-refractivity contribution in [2.24, 2.45) is 5.41 Å². The molecule has 2 amide bonds. The summed E-state index contributed by atoms with van der Waals surface area (Å²) >= 11 is 0. The van der Waals surface area contributed by atoms with Crippen molar-refractivity contribution >= 4 is 17.5 Å². The molecule has 2 aromatic rings. The van der Waals surface area contributed by atoms with Gasteiger partial charge in [0.1, 0.15) is 0 Å². The highest BCUT2D eigenvalue weighted by Gasteiger charge is 2.42. The molecule has 1 aliphatic carbocycles. The number of urea groups is 1. The Balaban J connectivity index is 1.63. The molecule has 1 aliphatic heterocycles. The molecule has 5 heteroatoms. The molecule has 162 valence electrons. The van der Waals surface area contributed by atoms with Gasteiger partial charge in [-0.25, -0.2) is 4.79 Å². The van der Waals surface area contributed by atoms with Crippen LogP contribution in [-0.2, 0) is 11.3 Å². The molecule has 0 saturated carbocycles. The molecular formula is C26H31N3O2. The maximum Gasteiger partial charge on any atom is 0.322 e. The van der Waals surface area contributed by atoms with Gasteiger partial charge in [-0.2, -0.15) is 0 Å². The van der Waals surface area contributed by atoms with Crippen molar-refractivity contribution in [3.63, 3.8) is 0 Å². The minimum absolute atomic E-state index is 0.130. The third kappa shape index (κ3) is 4.22. The van der Waals surface area contributed by atoms with Crippen LogP contribution in [0.3, 0.4) is 0 Å². The first-order valence-electron chi connectivity index (χ1n) is 11.0. The zero-order valence-corrected chi connectivity index (χ0v) is 18.8. The number of carbonyl (C=O) groups excluding carboxylic acids is 2. The van der Waals surface area contributed by atoms with Crippen LogP contribution in [0.4, 0.5) is 10.5 Å². The fourth-order valence-corrected chi connectivity index (χ4v) is 4.66. The Morgan fingerprint density at radius 2 is 1.71 bits per heavy atom. The van der Waals surface area contributed by atoms with Crippen molar-refractivity contribution in [3.8, 4) is 0 Å². The third-order valence-electron chi connectivity index (χ3n) is 6.35. The van der Waals surface area contributed by atoms with Gasteiger partial charge in [0.25, 0.3) is 0 Å². The third-order valence-corrected chi connectivity index (χ3v) is 6.35. The van der Waals surface area contributed by atoms with E-state index < -0.39 is 0 Å². The predicted octanol–water partition coefficient (Wildman–Crippen LogP) is 5.05. The average Bonchev–Trinajstić information content (AvgIpc) is 2.75. The summed E-state index contributed by atoms with van der Waals surface area (Å²) in [6, 6.07) is 18.1. The lowest BCUT2D eigenvalue weighted by Gasteiger charge is -2.42. The van der Waals surface area contributed by atoms with Crippen LogP contribution in [0, 0.1) is 5.41 Å². The van der Waals surface area contributed by atoms with Gasteiger partial charge >= 0.3 is 6.03 Å². The van der Waals surface area contributed by atoms with Crippen LogP contribution in [0.15, 0.2) is 65.9 Å². The molecule has 0 spiro atoms. The van der Waals surface area contributed by atoms with E-state index in [4.69, 9.17) is 0 Å². The SMILES string of the molecule is CCN(Cc1ccccc1)c1ccc(C2NC(=O)N(C)C3=C2C(=O)CC(C)(C)C3)cc1. The number of Topliss-reactive ketones (excluding diaryl/α,β-unsaturated/α-hetero) is 1. The summed E-state index contributed by atoms with van der Waals surface area (Å²) in [5.74, 6) is 0.131. The van der Waals surface area contributed by atoms with Crippen molar-refractivity contribution in [2.45, 2.75) is 46.2 Å². The molecule has 0 aromatic heterocycles. The number of carbonyl (C=O) groups is 2. The van der Waals surface area contributed by atoms with Crippen molar-refractivity contribution < 1.29 is 9.59 Å². The summed E-state index contributed by atoms with van der Waals surface area (Å²) in [6.45, 7) is 8.05.